The molecule has 0 radical (unpaired) electrons. The van der Waals surface area contributed by atoms with Gasteiger partial charge in [0.25, 0.3) is 0 Å². The van der Waals surface area contributed by atoms with Crippen molar-refractivity contribution in [2.75, 3.05) is 0 Å². The van der Waals surface area contributed by atoms with Crippen molar-refractivity contribution in [1.29, 1.82) is 0 Å². The van der Waals surface area contributed by atoms with Crippen LogP contribution in [0.1, 0.15) is 10.4 Å². The molecular formula is C15H20ClNSSi. The van der Waals surface area contributed by atoms with Gasteiger partial charge in [0.1, 0.15) is 0 Å². The maximum absolute atomic E-state index is 5.91. The van der Waals surface area contributed by atoms with Crippen molar-refractivity contribution >= 4 is 36.2 Å². The lowest BCUT2D eigenvalue weighted by molar-refractivity contribution is 0.701. The monoisotopic (exact) mass is 309 g/mol. The summed E-state index contributed by atoms with van der Waals surface area (Å²) in [5.41, 5.74) is 1.34. The minimum atomic E-state index is -1.17. The molecule has 19 heavy (non-hydrogen) atoms. The standard InChI is InChI=1S/C15H20ClNSSi/c1-19(2,3)14-7-4-12(5-8-14)10-17-11-13-6-9-15(16)18-13/h4-9,17H,10-11H2,1-3H3. The number of rotatable bonds is 5. The molecule has 0 aliphatic rings. The Morgan fingerprint density at radius 1 is 1.00 bits per heavy atom. The Morgan fingerprint density at radius 2 is 1.68 bits per heavy atom. The van der Waals surface area contributed by atoms with Crippen LogP contribution in [0.3, 0.4) is 0 Å². The molecule has 1 aromatic heterocycles. The molecule has 102 valence electrons. The largest absolute Gasteiger partial charge is 0.308 e. The number of halogens is 1. The van der Waals surface area contributed by atoms with Gasteiger partial charge in [0, 0.05) is 18.0 Å². The van der Waals surface area contributed by atoms with E-state index in [1.807, 2.05) is 6.07 Å². The molecule has 2 aromatic rings. The lowest BCUT2D eigenvalue weighted by atomic mass is 10.2. The molecule has 2 rings (SSSR count). The van der Waals surface area contributed by atoms with Crippen LogP contribution in [0.2, 0.25) is 24.0 Å². The molecule has 0 fully saturated rings. The van der Waals surface area contributed by atoms with Crippen LogP contribution in [0.5, 0.6) is 0 Å². The molecule has 0 spiro atoms. The summed E-state index contributed by atoms with van der Waals surface area (Å²) < 4.78 is 0.858. The highest BCUT2D eigenvalue weighted by atomic mass is 35.5. The number of benzene rings is 1. The fourth-order valence-electron chi connectivity index (χ4n) is 1.90. The zero-order valence-electron chi connectivity index (χ0n) is 11.7. The molecule has 0 atom stereocenters. The van der Waals surface area contributed by atoms with E-state index in [-0.39, 0.29) is 0 Å². The first-order valence-corrected chi connectivity index (χ1v) is 11.2. The molecular weight excluding hydrogens is 290 g/mol. The molecule has 4 heteroatoms. The number of hydrogen-bond donors (Lipinski definition) is 1. The van der Waals surface area contributed by atoms with Gasteiger partial charge in [-0.1, -0.05) is 60.7 Å². The van der Waals surface area contributed by atoms with E-state index in [1.165, 1.54) is 15.6 Å². The molecule has 0 saturated carbocycles. The highest BCUT2D eigenvalue weighted by Gasteiger charge is 2.15. The van der Waals surface area contributed by atoms with Gasteiger partial charge in [-0.05, 0) is 17.7 Å². The number of thiophene rings is 1. The van der Waals surface area contributed by atoms with Gasteiger partial charge < -0.3 is 5.32 Å². The molecule has 0 aliphatic heterocycles. The van der Waals surface area contributed by atoms with Crippen molar-refractivity contribution in [2.24, 2.45) is 0 Å². The summed E-state index contributed by atoms with van der Waals surface area (Å²) >= 11 is 7.55. The molecule has 1 nitrogen and oxygen atoms in total. The predicted molar refractivity (Wildman–Crippen MR) is 89.3 cm³/mol. The van der Waals surface area contributed by atoms with Crippen LogP contribution in [0.4, 0.5) is 0 Å². The van der Waals surface area contributed by atoms with Gasteiger partial charge in [0.15, 0.2) is 0 Å². The van der Waals surface area contributed by atoms with Crippen LogP contribution >= 0.6 is 22.9 Å². The van der Waals surface area contributed by atoms with Crippen molar-refractivity contribution in [2.45, 2.75) is 32.7 Å². The van der Waals surface area contributed by atoms with Gasteiger partial charge in [0.2, 0.25) is 0 Å². The minimum Gasteiger partial charge on any atom is -0.308 e. The zero-order valence-corrected chi connectivity index (χ0v) is 14.2. The average molecular weight is 310 g/mol. The summed E-state index contributed by atoms with van der Waals surface area (Å²) in [7, 11) is -1.17. The first kappa shape index (κ1) is 14.8. The Balaban J connectivity index is 1.86. The van der Waals surface area contributed by atoms with Crippen LogP contribution in [0, 0.1) is 0 Å². The van der Waals surface area contributed by atoms with Crippen molar-refractivity contribution in [1.82, 2.24) is 5.32 Å². The van der Waals surface area contributed by atoms with E-state index in [1.54, 1.807) is 11.3 Å². The summed E-state index contributed by atoms with van der Waals surface area (Å²) in [5.74, 6) is 0. The normalized spacial score (nSPS) is 11.8. The molecule has 0 bridgehead atoms. The predicted octanol–water partition coefficient (Wildman–Crippen LogP) is 4.24. The first-order valence-electron chi connectivity index (χ1n) is 6.49. The zero-order chi connectivity index (χ0) is 13.9. The number of hydrogen-bond acceptors (Lipinski definition) is 2. The third-order valence-electron chi connectivity index (χ3n) is 3.08. The van der Waals surface area contributed by atoms with E-state index in [4.69, 9.17) is 11.6 Å². The summed E-state index contributed by atoms with van der Waals surface area (Å²) in [6, 6.07) is 13.1. The molecule has 0 aliphatic carbocycles. The van der Waals surface area contributed by atoms with Crippen molar-refractivity contribution < 1.29 is 0 Å². The van der Waals surface area contributed by atoms with Gasteiger partial charge in [-0.15, -0.1) is 11.3 Å². The Labute approximate surface area is 125 Å². The smallest absolute Gasteiger partial charge is 0.0931 e. The highest BCUT2D eigenvalue weighted by molar-refractivity contribution is 7.16. The van der Waals surface area contributed by atoms with E-state index in [0.29, 0.717) is 0 Å². The molecule has 0 amide bonds. The summed E-state index contributed by atoms with van der Waals surface area (Å²) in [4.78, 5) is 1.28. The fraction of sp³-hybridized carbons (Fsp3) is 0.333. The van der Waals surface area contributed by atoms with Gasteiger partial charge in [0.05, 0.1) is 12.4 Å². The van der Waals surface area contributed by atoms with Crippen molar-refractivity contribution in [3.63, 3.8) is 0 Å². The molecule has 1 N–H and O–H groups in total. The molecule has 1 heterocycles. The molecule has 0 unspecified atom stereocenters. The lowest BCUT2D eigenvalue weighted by Crippen LogP contribution is -2.37. The summed E-state index contributed by atoms with van der Waals surface area (Å²) in [6.07, 6.45) is 0. The Hall–Kier alpha value is -0.613. The SMILES string of the molecule is C[Si](C)(C)c1ccc(CNCc2ccc(Cl)s2)cc1. The molecule has 1 aromatic carbocycles. The van der Waals surface area contributed by atoms with Crippen LogP contribution in [0.15, 0.2) is 36.4 Å². The lowest BCUT2D eigenvalue weighted by Gasteiger charge is -2.16. The second kappa shape index (κ2) is 6.22. The van der Waals surface area contributed by atoms with Crippen LogP contribution in [-0.4, -0.2) is 8.07 Å². The second-order valence-electron chi connectivity index (χ2n) is 5.76. The number of nitrogens with one attached hydrogen (secondary N) is 1. The fourth-order valence-corrected chi connectivity index (χ4v) is 4.12. The quantitative estimate of drug-likeness (QED) is 0.815. The van der Waals surface area contributed by atoms with Gasteiger partial charge >= 0.3 is 0 Å². The summed E-state index contributed by atoms with van der Waals surface area (Å²) in [6.45, 7) is 8.91. The van der Waals surface area contributed by atoms with E-state index in [2.05, 4.69) is 55.3 Å². The third-order valence-corrected chi connectivity index (χ3v) is 6.37. The van der Waals surface area contributed by atoms with E-state index in [0.717, 1.165) is 17.4 Å². The van der Waals surface area contributed by atoms with Crippen LogP contribution in [-0.2, 0) is 13.1 Å². The second-order valence-corrected chi connectivity index (χ2v) is 12.6. The van der Waals surface area contributed by atoms with Gasteiger partial charge in [-0.3, -0.25) is 0 Å². The first-order chi connectivity index (χ1) is 8.95. The maximum Gasteiger partial charge on any atom is 0.0931 e. The Bertz CT molecular complexity index is 528. The summed E-state index contributed by atoms with van der Waals surface area (Å²) in [5, 5.41) is 4.97. The molecule has 0 saturated heterocycles. The Kier molecular flexibility index (Phi) is 4.85. The Morgan fingerprint density at radius 3 is 2.21 bits per heavy atom. The average Bonchev–Trinajstić information content (AvgIpc) is 2.75. The van der Waals surface area contributed by atoms with Gasteiger partial charge in [-0.2, -0.15) is 0 Å². The van der Waals surface area contributed by atoms with Crippen LogP contribution < -0.4 is 10.5 Å². The van der Waals surface area contributed by atoms with Crippen LogP contribution in [0.25, 0.3) is 0 Å². The topological polar surface area (TPSA) is 12.0 Å². The van der Waals surface area contributed by atoms with Crippen molar-refractivity contribution in [3.05, 3.63) is 51.2 Å². The van der Waals surface area contributed by atoms with E-state index < -0.39 is 8.07 Å². The van der Waals surface area contributed by atoms with Crippen molar-refractivity contribution in [3.8, 4) is 0 Å². The third kappa shape index (κ3) is 4.46. The van der Waals surface area contributed by atoms with E-state index >= 15 is 0 Å². The van der Waals surface area contributed by atoms with Gasteiger partial charge in [-0.25, -0.2) is 0 Å². The highest BCUT2D eigenvalue weighted by Crippen LogP contribution is 2.21. The van der Waals surface area contributed by atoms with E-state index in [9.17, 15) is 0 Å². The minimum absolute atomic E-state index is 0.858. The maximum atomic E-state index is 5.91.